The van der Waals surface area contributed by atoms with Gasteiger partial charge >= 0.3 is 0 Å². The molecule has 0 spiro atoms. The summed E-state index contributed by atoms with van der Waals surface area (Å²) >= 11 is 0. The minimum Gasteiger partial charge on any atom is -0.328 e. The first-order valence-corrected chi connectivity index (χ1v) is 0.898. The third kappa shape index (κ3) is 18.1. The van der Waals surface area contributed by atoms with Crippen molar-refractivity contribution < 1.29 is 10.3 Å². The van der Waals surface area contributed by atoms with E-state index in [4.69, 9.17) is 15.3 Å². The summed E-state index contributed by atoms with van der Waals surface area (Å²) in [5, 5.41) is 13.6. The Balaban J connectivity index is 0. The van der Waals surface area contributed by atoms with Crippen molar-refractivity contribution >= 4 is 0 Å². The van der Waals surface area contributed by atoms with Crippen LogP contribution in [0.2, 0.25) is 0 Å². The van der Waals surface area contributed by atoms with Crippen molar-refractivity contribution in [2.24, 2.45) is 11.7 Å². The van der Waals surface area contributed by atoms with E-state index in [2.05, 4.69) is 11.7 Å². The maximum absolute atomic E-state index is 8.36. The normalized spacial score (nSPS) is 5.00. The van der Waals surface area contributed by atoms with E-state index in [1.54, 1.807) is 0 Å². The van der Waals surface area contributed by atoms with Crippen molar-refractivity contribution in [2.45, 2.75) is 0 Å². The molecule has 0 atom stereocenters. The lowest BCUT2D eigenvalue weighted by Crippen LogP contribution is -2.02. The molecule has 0 bridgehead atoms. The Kier molecular flexibility index (Phi) is 13.3. The summed E-state index contributed by atoms with van der Waals surface area (Å²) in [5.74, 6) is 8.00. The predicted molar refractivity (Wildman–Crippen MR) is 17.2 cm³/mol. The Morgan fingerprint density at radius 3 is 1.67 bits per heavy atom. The second-order valence-corrected chi connectivity index (χ2v) is 0.238. The maximum Gasteiger partial charge on any atom is 0.291 e. The fourth-order valence-electron chi connectivity index (χ4n) is 0. The first-order chi connectivity index (χ1) is 2.73. The van der Waals surface area contributed by atoms with Crippen molar-refractivity contribution in [1.29, 1.82) is 0 Å². The molecule has 0 heterocycles. The average Bonchev–Trinajstić information content (AvgIpc) is 1.41. The molecule has 0 aliphatic heterocycles. The first-order valence-electron chi connectivity index (χ1n) is 0.898. The highest BCUT2D eigenvalue weighted by molar-refractivity contribution is 3.83. The van der Waals surface area contributed by atoms with E-state index in [-0.39, 0.29) is 0 Å². The van der Waals surface area contributed by atoms with Gasteiger partial charge in [0.1, 0.15) is 0 Å². The molecule has 6 nitrogen and oxygen atoms in total. The fourth-order valence-corrected chi connectivity index (χ4v) is 0. The molecule has 0 aromatic rings. The van der Waals surface area contributed by atoms with E-state index >= 15 is 0 Å². The largest absolute Gasteiger partial charge is 0.328 e. The Labute approximate surface area is 33.4 Å². The van der Waals surface area contributed by atoms with Gasteiger partial charge in [0, 0.05) is 0 Å². The van der Waals surface area contributed by atoms with Crippen LogP contribution in [0.15, 0.2) is 0 Å². The Morgan fingerprint density at radius 1 is 1.67 bits per heavy atom. The van der Waals surface area contributed by atoms with Crippen molar-refractivity contribution in [3.05, 3.63) is 10.1 Å². The zero-order valence-electron chi connectivity index (χ0n) is 2.87. The average molecular weight is 95.1 g/mol. The monoisotopic (exact) mass is 95.0 g/mol. The minimum atomic E-state index is -1.50. The van der Waals surface area contributed by atoms with Crippen LogP contribution in [0, 0.1) is 10.1 Å². The maximum atomic E-state index is 8.36. The van der Waals surface area contributed by atoms with Crippen molar-refractivity contribution in [3.63, 3.8) is 0 Å². The van der Waals surface area contributed by atoms with Crippen molar-refractivity contribution in [1.82, 2.24) is 0 Å². The zero-order chi connectivity index (χ0) is 5.58. The molecule has 0 aliphatic rings. The van der Waals surface area contributed by atoms with Gasteiger partial charge in [0.05, 0.1) is 0 Å². The molecule has 0 aliphatic carbocycles. The topological polar surface area (TPSA) is 115 Å². The summed E-state index contributed by atoms with van der Waals surface area (Å²) in [6.45, 7) is 0. The van der Waals surface area contributed by atoms with E-state index in [1.165, 1.54) is 0 Å². The third-order valence-corrected chi connectivity index (χ3v) is 0. The lowest BCUT2D eigenvalue weighted by atomic mass is 13.0. The van der Waals surface area contributed by atoms with Crippen LogP contribution >= 0.6 is 0 Å². The molecular formula is H5N3O3. The second-order valence-electron chi connectivity index (χ2n) is 0.238. The summed E-state index contributed by atoms with van der Waals surface area (Å²) in [7, 11) is 0. The molecule has 0 aromatic heterocycles. The van der Waals surface area contributed by atoms with Gasteiger partial charge in [-0.3, -0.25) is 11.7 Å². The smallest absolute Gasteiger partial charge is 0.291 e. The number of hydrogen-bond donors (Lipinski definition) is 3. The molecule has 0 aromatic carbocycles. The number of hydrogen-bond acceptors (Lipinski definition) is 4. The lowest BCUT2D eigenvalue weighted by molar-refractivity contribution is -0.742. The van der Waals surface area contributed by atoms with E-state index in [9.17, 15) is 0 Å². The van der Waals surface area contributed by atoms with Gasteiger partial charge in [0.25, 0.3) is 5.09 Å². The van der Waals surface area contributed by atoms with Crippen LogP contribution < -0.4 is 11.7 Å². The van der Waals surface area contributed by atoms with Crippen molar-refractivity contribution in [3.8, 4) is 0 Å². The summed E-state index contributed by atoms with van der Waals surface area (Å²) in [6.07, 6.45) is 0. The number of nitrogens with two attached hydrogens (primary N) is 2. The molecule has 0 saturated carbocycles. The number of nitrogens with zero attached hydrogens (tertiary/aromatic N) is 1. The highest BCUT2D eigenvalue weighted by Crippen LogP contribution is 1.38. The molecule has 0 radical (unpaired) electrons. The van der Waals surface area contributed by atoms with E-state index in [0.717, 1.165) is 0 Å². The SMILES string of the molecule is NN.O=[N+]([O-])O. The quantitative estimate of drug-likeness (QED) is 0.192. The molecule has 0 fully saturated rings. The standard InChI is InChI=1S/H4N2.HNO3/c1-2;2-1(3)4/h1-2H2;(H,2,3,4). The molecule has 0 amide bonds. The molecule has 0 saturated heterocycles. The molecule has 5 N–H and O–H groups in total. The van der Waals surface area contributed by atoms with E-state index in [1.807, 2.05) is 0 Å². The summed E-state index contributed by atoms with van der Waals surface area (Å²) in [6, 6.07) is 0. The lowest BCUT2D eigenvalue weighted by Gasteiger charge is -1.56. The van der Waals surface area contributed by atoms with Gasteiger partial charge in [-0.2, -0.15) is 0 Å². The molecule has 6 heavy (non-hydrogen) atoms. The van der Waals surface area contributed by atoms with Crippen LogP contribution in [0.4, 0.5) is 0 Å². The van der Waals surface area contributed by atoms with Gasteiger partial charge < -0.3 is 5.21 Å². The highest BCUT2D eigenvalue weighted by atomic mass is 16.9. The van der Waals surface area contributed by atoms with Gasteiger partial charge in [-0.15, -0.1) is 10.1 Å². The van der Waals surface area contributed by atoms with Gasteiger partial charge in [-0.1, -0.05) is 0 Å². The highest BCUT2D eigenvalue weighted by Gasteiger charge is 1.65. The summed E-state index contributed by atoms with van der Waals surface area (Å²) in [4.78, 5) is 8.36. The van der Waals surface area contributed by atoms with Gasteiger partial charge in [-0.25, -0.2) is 0 Å². The Bertz CT molecular complexity index is 29.0. The predicted octanol–water partition coefficient (Wildman–Crippen LogP) is -1.53. The molecule has 0 unspecified atom stereocenters. The fraction of sp³-hybridized carbons (Fsp3) is 0. The molecular weight excluding hydrogens is 90.0 g/mol. The summed E-state index contributed by atoms with van der Waals surface area (Å²) in [5.41, 5.74) is 0. The van der Waals surface area contributed by atoms with Gasteiger partial charge in [0.2, 0.25) is 0 Å². The Hall–Kier alpha value is -0.880. The van der Waals surface area contributed by atoms with Crippen LogP contribution in [0.5, 0.6) is 0 Å². The second kappa shape index (κ2) is 8.92. The molecule has 0 rings (SSSR count). The van der Waals surface area contributed by atoms with Crippen LogP contribution in [-0.2, 0) is 0 Å². The van der Waals surface area contributed by atoms with Crippen LogP contribution in [-0.4, -0.2) is 10.3 Å². The summed E-state index contributed by atoms with van der Waals surface area (Å²) < 4.78 is 0. The van der Waals surface area contributed by atoms with Gasteiger partial charge in [0.15, 0.2) is 0 Å². The first kappa shape index (κ1) is 8.93. The van der Waals surface area contributed by atoms with E-state index < -0.39 is 5.09 Å². The Morgan fingerprint density at radius 2 is 1.67 bits per heavy atom. The number of hydrazine groups is 1. The zero-order valence-corrected chi connectivity index (χ0v) is 2.87. The molecule has 38 valence electrons. The van der Waals surface area contributed by atoms with Crippen LogP contribution in [0.1, 0.15) is 0 Å². The third-order valence-electron chi connectivity index (χ3n) is 0. The van der Waals surface area contributed by atoms with Crippen LogP contribution in [0.3, 0.4) is 0 Å². The molecule has 6 heteroatoms. The van der Waals surface area contributed by atoms with Gasteiger partial charge in [-0.05, 0) is 0 Å². The van der Waals surface area contributed by atoms with E-state index in [0.29, 0.717) is 0 Å². The van der Waals surface area contributed by atoms with Crippen molar-refractivity contribution in [2.75, 3.05) is 0 Å². The minimum absolute atomic E-state index is 1.50. The van der Waals surface area contributed by atoms with Crippen LogP contribution in [0.25, 0.3) is 0 Å². The number of rotatable bonds is 0.